The van der Waals surface area contributed by atoms with Gasteiger partial charge >= 0.3 is 0 Å². The Morgan fingerprint density at radius 1 is 0.533 bits per heavy atom. The van der Waals surface area contributed by atoms with Gasteiger partial charge in [-0.25, -0.2) is 0 Å². The Bertz CT molecular complexity index is 377. The monoisotopic (exact) mass is 209 g/mol. The summed E-state index contributed by atoms with van der Waals surface area (Å²) >= 11 is 0. The number of hydrogen-bond donors (Lipinski definition) is 2. The van der Waals surface area contributed by atoms with E-state index < -0.39 is 0 Å². The van der Waals surface area contributed by atoms with Gasteiger partial charge in [-0.05, 0) is 35.4 Å². The van der Waals surface area contributed by atoms with E-state index >= 15 is 0 Å². The van der Waals surface area contributed by atoms with Crippen molar-refractivity contribution < 1.29 is 10.2 Å². The van der Waals surface area contributed by atoms with Crippen molar-refractivity contribution in [1.29, 1.82) is 0 Å². The van der Waals surface area contributed by atoms with Gasteiger partial charge in [0.05, 0.1) is 0 Å². The molecule has 0 aliphatic carbocycles. The molecule has 15 heavy (non-hydrogen) atoms. The summed E-state index contributed by atoms with van der Waals surface area (Å²) in [6.45, 7) is 0. The zero-order valence-corrected chi connectivity index (χ0v) is 10.5. The van der Waals surface area contributed by atoms with E-state index in [-0.39, 0.29) is 41.1 Å². The van der Waals surface area contributed by atoms with Gasteiger partial charge < -0.3 is 10.2 Å². The molecular weight excluding hydrogens is 199 g/mol. The quantitative estimate of drug-likeness (QED) is 0.708. The van der Waals surface area contributed by atoms with E-state index in [2.05, 4.69) is 0 Å². The Hall–Kier alpha value is -0.960. The molecule has 0 unspecified atom stereocenters. The van der Waals surface area contributed by atoms with Crippen molar-refractivity contribution in [3.8, 4) is 22.6 Å². The largest absolute Gasteiger partial charge is 0.508 e. The Kier molecular flexibility index (Phi) is 4.21. The van der Waals surface area contributed by atoms with Crippen LogP contribution < -0.4 is 0 Å². The smallest absolute Gasteiger partial charge is 0.115 e. The molecule has 0 bridgehead atoms. The first-order chi connectivity index (χ1) is 6.75. The summed E-state index contributed by atoms with van der Waals surface area (Å²) in [5.41, 5.74) is 2.03. The minimum atomic E-state index is 0. The van der Waals surface area contributed by atoms with Crippen LogP contribution in [0.1, 0.15) is 0 Å². The third-order valence-electron chi connectivity index (χ3n) is 2.07. The van der Waals surface area contributed by atoms with Gasteiger partial charge in [0.2, 0.25) is 0 Å². The molecule has 2 N–H and O–H groups in total. The van der Waals surface area contributed by atoms with Crippen molar-refractivity contribution in [3.63, 3.8) is 0 Å². The molecule has 1 radical (unpaired) electrons. The first-order valence-electron chi connectivity index (χ1n) is 4.34. The van der Waals surface area contributed by atoms with Crippen LogP contribution in [-0.2, 0) is 0 Å². The predicted octanol–water partition coefficient (Wildman–Crippen LogP) is 2.38. The Labute approximate surface area is 110 Å². The molecule has 0 spiro atoms. The first-order valence-corrected chi connectivity index (χ1v) is 4.34. The van der Waals surface area contributed by atoms with Crippen molar-refractivity contribution >= 4 is 29.6 Å². The normalized spacial score (nSPS) is 9.33. The molecule has 2 aromatic rings. The molecular formula is C12H10NaO2. The van der Waals surface area contributed by atoms with Crippen LogP contribution in [0.5, 0.6) is 11.5 Å². The molecule has 0 amide bonds. The number of benzene rings is 2. The van der Waals surface area contributed by atoms with Crippen molar-refractivity contribution in [1.82, 2.24) is 0 Å². The van der Waals surface area contributed by atoms with Crippen molar-refractivity contribution in [2.45, 2.75) is 0 Å². The second-order valence-corrected chi connectivity index (χ2v) is 3.09. The van der Waals surface area contributed by atoms with Crippen LogP contribution >= 0.6 is 0 Å². The zero-order chi connectivity index (χ0) is 9.97. The van der Waals surface area contributed by atoms with Gasteiger partial charge in [0.1, 0.15) is 11.5 Å². The molecule has 2 rings (SSSR count). The summed E-state index contributed by atoms with van der Waals surface area (Å²) in [6.07, 6.45) is 0. The van der Waals surface area contributed by atoms with Crippen molar-refractivity contribution in [3.05, 3.63) is 48.5 Å². The van der Waals surface area contributed by atoms with Gasteiger partial charge in [-0.1, -0.05) is 24.3 Å². The van der Waals surface area contributed by atoms with Gasteiger partial charge in [-0.3, -0.25) is 0 Å². The van der Waals surface area contributed by atoms with E-state index in [0.717, 1.165) is 11.1 Å². The van der Waals surface area contributed by atoms with E-state index in [0.29, 0.717) is 0 Å². The van der Waals surface area contributed by atoms with Gasteiger partial charge in [-0.15, -0.1) is 0 Å². The molecule has 0 heterocycles. The SMILES string of the molecule is Oc1ccc(-c2ccc(O)cc2)cc1.[Na]. The van der Waals surface area contributed by atoms with Gasteiger partial charge in [-0.2, -0.15) is 0 Å². The van der Waals surface area contributed by atoms with E-state index in [1.54, 1.807) is 24.3 Å². The van der Waals surface area contributed by atoms with Crippen molar-refractivity contribution in [2.75, 3.05) is 0 Å². The Balaban J connectivity index is 0.00000112. The molecule has 0 aliphatic heterocycles. The molecule has 0 saturated heterocycles. The van der Waals surface area contributed by atoms with E-state index in [9.17, 15) is 0 Å². The molecule has 2 aromatic carbocycles. The maximum atomic E-state index is 9.11. The van der Waals surface area contributed by atoms with Crippen molar-refractivity contribution in [2.24, 2.45) is 0 Å². The molecule has 0 aliphatic rings. The van der Waals surface area contributed by atoms with Crippen LogP contribution in [-0.4, -0.2) is 39.8 Å². The first kappa shape index (κ1) is 12.1. The third-order valence-corrected chi connectivity index (χ3v) is 2.07. The average Bonchev–Trinajstić information content (AvgIpc) is 2.21. The Morgan fingerprint density at radius 3 is 1.07 bits per heavy atom. The van der Waals surface area contributed by atoms with Gasteiger partial charge in [0, 0.05) is 29.6 Å². The van der Waals surface area contributed by atoms with E-state index in [1.165, 1.54) is 0 Å². The molecule has 0 aromatic heterocycles. The third kappa shape index (κ3) is 2.99. The second kappa shape index (κ2) is 5.21. The van der Waals surface area contributed by atoms with E-state index in [4.69, 9.17) is 10.2 Å². The molecule has 0 saturated carbocycles. The maximum Gasteiger partial charge on any atom is 0.115 e. The number of aromatic hydroxyl groups is 2. The fraction of sp³-hybridized carbons (Fsp3) is 0. The summed E-state index contributed by atoms with van der Waals surface area (Å²) in [6, 6.07) is 13.9. The average molecular weight is 209 g/mol. The summed E-state index contributed by atoms with van der Waals surface area (Å²) in [4.78, 5) is 0. The molecule has 0 atom stereocenters. The van der Waals surface area contributed by atoms with E-state index in [1.807, 2.05) is 24.3 Å². The van der Waals surface area contributed by atoms with Crippen LogP contribution in [0.25, 0.3) is 11.1 Å². The van der Waals surface area contributed by atoms with Crippen LogP contribution in [0.3, 0.4) is 0 Å². The standard InChI is InChI=1S/C12H10O2.Na/c13-11-5-1-9(2-6-11)10-3-7-12(14)8-4-10;/h1-8,13-14H;. The second-order valence-electron chi connectivity index (χ2n) is 3.09. The number of rotatable bonds is 1. The molecule has 71 valence electrons. The minimum Gasteiger partial charge on any atom is -0.508 e. The molecule has 2 nitrogen and oxygen atoms in total. The van der Waals surface area contributed by atoms with Crippen LogP contribution in [0, 0.1) is 0 Å². The summed E-state index contributed by atoms with van der Waals surface area (Å²) in [7, 11) is 0. The predicted molar refractivity (Wildman–Crippen MR) is 61.0 cm³/mol. The van der Waals surface area contributed by atoms with Gasteiger partial charge in [0.15, 0.2) is 0 Å². The maximum absolute atomic E-state index is 9.11. The van der Waals surface area contributed by atoms with Crippen LogP contribution in [0.15, 0.2) is 48.5 Å². The topological polar surface area (TPSA) is 40.5 Å². The summed E-state index contributed by atoms with van der Waals surface area (Å²) in [5, 5.41) is 18.2. The van der Waals surface area contributed by atoms with Gasteiger partial charge in [0.25, 0.3) is 0 Å². The Morgan fingerprint density at radius 2 is 0.800 bits per heavy atom. The minimum absolute atomic E-state index is 0. The molecule has 3 heteroatoms. The number of phenolic OH excluding ortho intramolecular Hbond substituents is 2. The summed E-state index contributed by atoms with van der Waals surface area (Å²) < 4.78 is 0. The fourth-order valence-corrected chi connectivity index (χ4v) is 1.31. The number of hydrogen-bond acceptors (Lipinski definition) is 2. The zero-order valence-electron chi connectivity index (χ0n) is 8.51. The van der Waals surface area contributed by atoms with Crippen LogP contribution in [0.2, 0.25) is 0 Å². The number of phenols is 2. The van der Waals surface area contributed by atoms with Crippen LogP contribution in [0.4, 0.5) is 0 Å². The summed E-state index contributed by atoms with van der Waals surface area (Å²) in [5.74, 6) is 0.514. The fourth-order valence-electron chi connectivity index (χ4n) is 1.31. The molecule has 0 fully saturated rings.